The molecule has 1 unspecified atom stereocenters. The molecule has 0 aromatic carbocycles. The minimum Gasteiger partial charge on any atom is -0.357 e. The summed E-state index contributed by atoms with van der Waals surface area (Å²) in [6, 6.07) is 3.78. The van der Waals surface area contributed by atoms with Gasteiger partial charge >= 0.3 is 0 Å². The zero-order valence-electron chi connectivity index (χ0n) is 14.1. The molecule has 134 valence electrons. The largest absolute Gasteiger partial charge is 0.357 e. The molecule has 25 heavy (non-hydrogen) atoms. The van der Waals surface area contributed by atoms with Gasteiger partial charge in [-0.3, -0.25) is 4.57 Å². The molecule has 0 saturated carbocycles. The maximum atomic E-state index is 11.6. The Morgan fingerprint density at radius 2 is 2.32 bits per heavy atom. The molecule has 0 bridgehead atoms. The molecule has 2 aromatic rings. The molecule has 2 aromatic heterocycles. The Balaban J connectivity index is 1.68. The average molecular weight is 362 g/mol. The minimum atomic E-state index is -2.92. The monoisotopic (exact) mass is 362 g/mol. The van der Waals surface area contributed by atoms with Crippen molar-refractivity contribution in [2.45, 2.75) is 25.9 Å². The van der Waals surface area contributed by atoms with Crippen LogP contribution in [0.25, 0.3) is 5.82 Å². The zero-order chi connectivity index (χ0) is 17.7. The summed E-state index contributed by atoms with van der Waals surface area (Å²) in [5, 5.41) is 6.38. The van der Waals surface area contributed by atoms with Crippen molar-refractivity contribution in [1.29, 1.82) is 0 Å². The van der Waals surface area contributed by atoms with Gasteiger partial charge in [0.05, 0.1) is 18.1 Å². The molecule has 2 N–H and O–H groups in total. The minimum absolute atomic E-state index is 0.0817. The number of guanidine groups is 1. The lowest BCUT2D eigenvalue weighted by Gasteiger charge is -2.15. The van der Waals surface area contributed by atoms with Crippen molar-refractivity contribution < 1.29 is 8.42 Å². The molecule has 3 heterocycles. The molecule has 0 amide bonds. The fraction of sp³-hybridized carbons (Fsp3) is 0.438. The van der Waals surface area contributed by atoms with Crippen molar-refractivity contribution in [3.63, 3.8) is 0 Å². The number of imidazole rings is 1. The van der Waals surface area contributed by atoms with Crippen LogP contribution in [0.4, 0.5) is 0 Å². The first-order valence-corrected chi connectivity index (χ1v) is 10.1. The number of sulfone groups is 1. The Morgan fingerprint density at radius 1 is 1.44 bits per heavy atom. The zero-order valence-corrected chi connectivity index (χ0v) is 14.9. The molecule has 3 rings (SSSR count). The molecule has 0 aliphatic carbocycles. The third kappa shape index (κ3) is 4.79. The first-order chi connectivity index (χ1) is 12.1. The summed E-state index contributed by atoms with van der Waals surface area (Å²) >= 11 is 0. The van der Waals surface area contributed by atoms with Gasteiger partial charge in [0.1, 0.15) is 12.1 Å². The van der Waals surface area contributed by atoms with Crippen molar-refractivity contribution >= 4 is 15.8 Å². The normalized spacial score (nSPS) is 19.7. The molecular formula is C16H22N6O2S. The molecule has 1 fully saturated rings. The highest BCUT2D eigenvalue weighted by Gasteiger charge is 2.28. The summed E-state index contributed by atoms with van der Waals surface area (Å²) in [4.78, 5) is 12.9. The van der Waals surface area contributed by atoms with E-state index >= 15 is 0 Å². The summed E-state index contributed by atoms with van der Waals surface area (Å²) in [7, 11) is -2.92. The summed E-state index contributed by atoms with van der Waals surface area (Å²) < 4.78 is 25.0. The molecule has 0 radical (unpaired) electrons. The first-order valence-electron chi connectivity index (χ1n) is 8.24. The van der Waals surface area contributed by atoms with E-state index in [9.17, 15) is 8.42 Å². The van der Waals surface area contributed by atoms with E-state index in [1.54, 1.807) is 18.7 Å². The number of nitrogens with zero attached hydrogens (tertiary/aromatic N) is 4. The second kappa shape index (κ2) is 7.64. The van der Waals surface area contributed by atoms with Gasteiger partial charge in [-0.15, -0.1) is 0 Å². The van der Waals surface area contributed by atoms with E-state index in [4.69, 9.17) is 0 Å². The topological polar surface area (TPSA) is 101 Å². The van der Waals surface area contributed by atoms with Crippen LogP contribution in [-0.2, 0) is 16.4 Å². The van der Waals surface area contributed by atoms with Crippen LogP contribution in [0.15, 0.2) is 42.0 Å². The molecule has 8 nitrogen and oxygen atoms in total. The van der Waals surface area contributed by atoms with Gasteiger partial charge in [-0.2, -0.15) is 0 Å². The summed E-state index contributed by atoms with van der Waals surface area (Å²) in [5.41, 5.74) is 1.01. The van der Waals surface area contributed by atoms with E-state index in [1.165, 1.54) is 0 Å². The predicted molar refractivity (Wildman–Crippen MR) is 96.4 cm³/mol. The number of nitrogens with one attached hydrogen (secondary N) is 2. The Labute approximate surface area is 147 Å². The van der Waals surface area contributed by atoms with Crippen LogP contribution in [-0.4, -0.2) is 53.0 Å². The standard InChI is InChI=1S/C16H22N6O2S/c1-2-18-16(21-14-4-8-25(23,24)11-14)20-10-13-3-5-19-15(9-13)22-7-6-17-12-22/h3,5-7,9,12,14H,2,4,8,10-11H2,1H3,(H2,18,20,21). The molecular weight excluding hydrogens is 340 g/mol. The van der Waals surface area contributed by atoms with Gasteiger partial charge in [0, 0.05) is 31.2 Å². The highest BCUT2D eigenvalue weighted by molar-refractivity contribution is 7.91. The van der Waals surface area contributed by atoms with Gasteiger partial charge in [-0.05, 0) is 31.0 Å². The summed E-state index contributed by atoms with van der Waals surface area (Å²) in [6.45, 7) is 3.16. The summed E-state index contributed by atoms with van der Waals surface area (Å²) in [5.74, 6) is 1.82. The molecule has 1 atom stereocenters. The van der Waals surface area contributed by atoms with Crippen molar-refractivity contribution in [2.75, 3.05) is 18.1 Å². The van der Waals surface area contributed by atoms with Gasteiger partial charge in [0.25, 0.3) is 0 Å². The SMILES string of the molecule is CCNC(=NCc1ccnc(-n2ccnc2)c1)NC1CCS(=O)(=O)C1. The fourth-order valence-corrected chi connectivity index (χ4v) is 4.36. The third-order valence-electron chi connectivity index (χ3n) is 3.92. The van der Waals surface area contributed by atoms with Crippen LogP contribution < -0.4 is 10.6 Å². The fourth-order valence-electron chi connectivity index (χ4n) is 2.69. The van der Waals surface area contributed by atoms with Crippen LogP contribution in [0.5, 0.6) is 0 Å². The smallest absolute Gasteiger partial charge is 0.191 e. The number of rotatable bonds is 5. The highest BCUT2D eigenvalue weighted by atomic mass is 32.2. The lowest BCUT2D eigenvalue weighted by molar-refractivity contribution is 0.599. The van der Waals surface area contributed by atoms with Crippen LogP contribution in [0.1, 0.15) is 18.9 Å². The number of pyridine rings is 1. The van der Waals surface area contributed by atoms with Gasteiger partial charge in [-0.1, -0.05) is 0 Å². The molecule has 0 spiro atoms. The van der Waals surface area contributed by atoms with Crippen molar-refractivity contribution in [3.05, 3.63) is 42.6 Å². The maximum Gasteiger partial charge on any atom is 0.191 e. The lowest BCUT2D eigenvalue weighted by Crippen LogP contribution is -2.44. The molecule has 1 aliphatic heterocycles. The van der Waals surface area contributed by atoms with Crippen molar-refractivity contribution in [1.82, 2.24) is 25.2 Å². The van der Waals surface area contributed by atoms with E-state index in [0.29, 0.717) is 25.5 Å². The van der Waals surface area contributed by atoms with Gasteiger partial charge in [-0.25, -0.2) is 23.4 Å². The van der Waals surface area contributed by atoms with Gasteiger partial charge in [0.2, 0.25) is 0 Å². The van der Waals surface area contributed by atoms with E-state index in [2.05, 4.69) is 25.6 Å². The van der Waals surface area contributed by atoms with E-state index in [0.717, 1.165) is 11.4 Å². The van der Waals surface area contributed by atoms with Crippen molar-refractivity contribution in [2.24, 2.45) is 4.99 Å². The third-order valence-corrected chi connectivity index (χ3v) is 5.68. The Hall–Kier alpha value is -2.42. The van der Waals surface area contributed by atoms with E-state index < -0.39 is 9.84 Å². The van der Waals surface area contributed by atoms with Gasteiger partial charge < -0.3 is 10.6 Å². The van der Waals surface area contributed by atoms with Gasteiger partial charge in [0.15, 0.2) is 15.8 Å². The van der Waals surface area contributed by atoms with Crippen molar-refractivity contribution in [3.8, 4) is 5.82 Å². The van der Waals surface area contributed by atoms with Crippen LogP contribution >= 0.6 is 0 Å². The number of hydrogen-bond donors (Lipinski definition) is 2. The molecule has 1 saturated heterocycles. The van der Waals surface area contributed by atoms with E-state index in [1.807, 2.05) is 29.8 Å². The van der Waals surface area contributed by atoms with E-state index in [-0.39, 0.29) is 17.5 Å². The first kappa shape index (κ1) is 17.4. The second-order valence-corrected chi connectivity index (χ2v) is 8.16. The summed E-state index contributed by atoms with van der Waals surface area (Å²) in [6.07, 6.45) is 7.59. The maximum absolute atomic E-state index is 11.6. The van der Waals surface area contributed by atoms with Crippen LogP contribution in [0, 0.1) is 0 Å². The van der Waals surface area contributed by atoms with Crippen LogP contribution in [0.2, 0.25) is 0 Å². The number of aromatic nitrogens is 3. The Kier molecular flexibility index (Phi) is 5.32. The molecule has 1 aliphatic rings. The van der Waals surface area contributed by atoms with Crippen LogP contribution in [0.3, 0.4) is 0 Å². The number of hydrogen-bond acceptors (Lipinski definition) is 5. The second-order valence-electron chi connectivity index (χ2n) is 5.93. The lowest BCUT2D eigenvalue weighted by atomic mass is 10.2. The molecule has 9 heteroatoms. The highest BCUT2D eigenvalue weighted by Crippen LogP contribution is 2.11. The average Bonchev–Trinajstić information content (AvgIpc) is 3.23. The Bertz CT molecular complexity index is 832. The Morgan fingerprint density at radius 3 is 3.00 bits per heavy atom. The number of aliphatic imine (C=N–C) groups is 1. The predicted octanol–water partition coefficient (Wildman–Crippen LogP) is 0.510. The quantitative estimate of drug-likeness (QED) is 0.594.